The molecule has 0 spiro atoms. The van der Waals surface area contributed by atoms with Crippen molar-refractivity contribution in [3.8, 4) is 0 Å². The van der Waals surface area contributed by atoms with Gasteiger partial charge in [0.15, 0.2) is 0 Å². The number of rotatable bonds is 2. The molecule has 3 nitrogen and oxygen atoms in total. The number of hydrogen-bond donors (Lipinski definition) is 0. The number of carbonyl (C=O) groups is 1. The van der Waals surface area contributed by atoms with Crippen LogP contribution in [0.1, 0.15) is 0 Å². The number of nitrogens with zero attached hydrogens (tertiary/aromatic N) is 2. The molecule has 0 bridgehead atoms. The van der Waals surface area contributed by atoms with E-state index in [4.69, 9.17) is 0 Å². The smallest absolute Gasteiger partial charge is 0.282 e. The van der Waals surface area contributed by atoms with Gasteiger partial charge in [0, 0.05) is 36.9 Å². The standard InChI is InChI=1S/C8H14N2OS2/c11-8-10(3-6-13-8)7-9-1-4-12-5-2-9/h1-7H2. The van der Waals surface area contributed by atoms with Crippen LogP contribution in [-0.2, 0) is 0 Å². The quantitative estimate of drug-likeness (QED) is 0.694. The minimum absolute atomic E-state index is 0.262. The molecule has 74 valence electrons. The summed E-state index contributed by atoms with van der Waals surface area (Å²) in [6.07, 6.45) is 0. The van der Waals surface area contributed by atoms with Crippen LogP contribution in [0.5, 0.6) is 0 Å². The van der Waals surface area contributed by atoms with E-state index in [0.29, 0.717) is 0 Å². The second-order valence-corrected chi connectivity index (χ2v) is 5.52. The van der Waals surface area contributed by atoms with Crippen LogP contribution in [-0.4, -0.2) is 58.6 Å². The fraction of sp³-hybridized carbons (Fsp3) is 0.875. The maximum Gasteiger partial charge on any atom is 0.282 e. The van der Waals surface area contributed by atoms with Crippen molar-refractivity contribution in [2.24, 2.45) is 0 Å². The maximum absolute atomic E-state index is 11.3. The summed E-state index contributed by atoms with van der Waals surface area (Å²) in [5, 5.41) is 0.262. The van der Waals surface area contributed by atoms with Crippen LogP contribution in [0.4, 0.5) is 4.79 Å². The van der Waals surface area contributed by atoms with Gasteiger partial charge in [-0.1, -0.05) is 11.8 Å². The van der Waals surface area contributed by atoms with Crippen LogP contribution in [0.3, 0.4) is 0 Å². The average molecular weight is 218 g/mol. The Morgan fingerprint density at radius 3 is 2.54 bits per heavy atom. The van der Waals surface area contributed by atoms with Crippen LogP contribution in [0.25, 0.3) is 0 Å². The van der Waals surface area contributed by atoms with E-state index in [9.17, 15) is 4.79 Å². The Bertz CT molecular complexity index is 195. The van der Waals surface area contributed by atoms with E-state index in [0.717, 1.165) is 32.1 Å². The largest absolute Gasteiger partial charge is 0.320 e. The Morgan fingerprint density at radius 2 is 1.92 bits per heavy atom. The molecular formula is C8H14N2OS2. The van der Waals surface area contributed by atoms with Crippen molar-refractivity contribution >= 4 is 28.8 Å². The van der Waals surface area contributed by atoms with Crippen molar-refractivity contribution in [1.82, 2.24) is 9.80 Å². The molecule has 0 aromatic heterocycles. The van der Waals surface area contributed by atoms with E-state index in [1.54, 1.807) is 0 Å². The van der Waals surface area contributed by atoms with Gasteiger partial charge >= 0.3 is 0 Å². The van der Waals surface area contributed by atoms with Crippen LogP contribution in [0, 0.1) is 0 Å². The first-order chi connectivity index (χ1) is 6.36. The monoisotopic (exact) mass is 218 g/mol. The van der Waals surface area contributed by atoms with E-state index in [1.165, 1.54) is 23.3 Å². The van der Waals surface area contributed by atoms with Gasteiger partial charge in [0.05, 0.1) is 6.67 Å². The first-order valence-corrected chi connectivity index (χ1v) is 6.72. The summed E-state index contributed by atoms with van der Waals surface area (Å²) < 4.78 is 0. The molecule has 0 radical (unpaired) electrons. The number of carbonyl (C=O) groups excluding carboxylic acids is 1. The van der Waals surface area contributed by atoms with Crippen molar-refractivity contribution in [2.45, 2.75) is 0 Å². The molecule has 0 atom stereocenters. The summed E-state index contributed by atoms with van der Waals surface area (Å²) in [7, 11) is 0. The van der Waals surface area contributed by atoms with Gasteiger partial charge in [-0.2, -0.15) is 11.8 Å². The zero-order chi connectivity index (χ0) is 9.10. The summed E-state index contributed by atoms with van der Waals surface area (Å²) in [5.41, 5.74) is 0. The van der Waals surface area contributed by atoms with Gasteiger partial charge in [0.1, 0.15) is 0 Å². The van der Waals surface area contributed by atoms with E-state index >= 15 is 0 Å². The molecule has 0 aromatic rings. The Kier molecular flexibility index (Phi) is 3.40. The number of amides is 1. The minimum atomic E-state index is 0.262. The summed E-state index contributed by atoms with van der Waals surface area (Å²) in [6.45, 7) is 4.07. The van der Waals surface area contributed by atoms with Gasteiger partial charge in [0.25, 0.3) is 5.24 Å². The lowest BCUT2D eigenvalue weighted by Gasteiger charge is -2.29. The van der Waals surface area contributed by atoms with Crippen LogP contribution in [0.2, 0.25) is 0 Å². The lowest BCUT2D eigenvalue weighted by molar-refractivity contribution is 0.171. The third-order valence-electron chi connectivity index (χ3n) is 2.32. The lowest BCUT2D eigenvalue weighted by atomic mass is 10.5. The predicted molar refractivity (Wildman–Crippen MR) is 58.3 cm³/mol. The molecule has 0 unspecified atom stereocenters. The SMILES string of the molecule is O=C1SCCN1CN1CCSCC1. The van der Waals surface area contributed by atoms with Crippen molar-refractivity contribution in [2.75, 3.05) is 43.6 Å². The molecule has 2 aliphatic rings. The Labute approximate surface area is 87.2 Å². The molecule has 2 heterocycles. The van der Waals surface area contributed by atoms with E-state index in [1.807, 2.05) is 16.7 Å². The second kappa shape index (κ2) is 4.57. The second-order valence-electron chi connectivity index (χ2n) is 3.25. The fourth-order valence-corrected chi connectivity index (χ4v) is 3.33. The van der Waals surface area contributed by atoms with E-state index in [-0.39, 0.29) is 5.24 Å². The highest BCUT2D eigenvalue weighted by Gasteiger charge is 2.23. The Morgan fingerprint density at radius 1 is 1.15 bits per heavy atom. The number of thioether (sulfide) groups is 2. The third-order valence-corrected chi connectivity index (χ3v) is 4.15. The number of hydrogen-bond acceptors (Lipinski definition) is 4. The average Bonchev–Trinajstić information content (AvgIpc) is 2.54. The van der Waals surface area contributed by atoms with Crippen LogP contribution >= 0.6 is 23.5 Å². The topological polar surface area (TPSA) is 23.6 Å². The summed E-state index contributed by atoms with van der Waals surface area (Å²) >= 11 is 3.46. The normalized spacial score (nSPS) is 25.5. The molecule has 0 saturated carbocycles. The Hall–Kier alpha value is 0.130. The minimum Gasteiger partial charge on any atom is -0.320 e. The van der Waals surface area contributed by atoms with Crippen molar-refractivity contribution in [3.63, 3.8) is 0 Å². The molecule has 1 amide bonds. The molecule has 0 aliphatic carbocycles. The van der Waals surface area contributed by atoms with Gasteiger partial charge in [-0.15, -0.1) is 0 Å². The molecule has 0 aromatic carbocycles. The van der Waals surface area contributed by atoms with Crippen molar-refractivity contribution in [3.05, 3.63) is 0 Å². The van der Waals surface area contributed by atoms with Gasteiger partial charge in [-0.05, 0) is 0 Å². The Balaban J connectivity index is 1.79. The molecule has 2 aliphatic heterocycles. The van der Waals surface area contributed by atoms with Gasteiger partial charge in [-0.25, -0.2) is 0 Å². The zero-order valence-corrected chi connectivity index (χ0v) is 9.20. The van der Waals surface area contributed by atoms with E-state index < -0.39 is 0 Å². The van der Waals surface area contributed by atoms with Crippen LogP contribution < -0.4 is 0 Å². The van der Waals surface area contributed by atoms with Crippen LogP contribution in [0.15, 0.2) is 0 Å². The highest BCUT2D eigenvalue weighted by molar-refractivity contribution is 8.13. The molecule has 2 rings (SSSR count). The summed E-state index contributed by atoms with van der Waals surface area (Å²) in [5.74, 6) is 3.41. The summed E-state index contributed by atoms with van der Waals surface area (Å²) in [6, 6.07) is 0. The molecule has 13 heavy (non-hydrogen) atoms. The lowest BCUT2D eigenvalue weighted by Crippen LogP contribution is -2.42. The molecular weight excluding hydrogens is 204 g/mol. The van der Waals surface area contributed by atoms with E-state index in [2.05, 4.69) is 4.90 Å². The van der Waals surface area contributed by atoms with Crippen molar-refractivity contribution in [1.29, 1.82) is 0 Å². The fourth-order valence-electron chi connectivity index (χ4n) is 1.54. The van der Waals surface area contributed by atoms with Crippen molar-refractivity contribution < 1.29 is 4.79 Å². The zero-order valence-electron chi connectivity index (χ0n) is 7.57. The predicted octanol–water partition coefficient (Wildman–Crippen LogP) is 1.16. The molecule has 2 fully saturated rings. The molecule has 2 saturated heterocycles. The van der Waals surface area contributed by atoms with Gasteiger partial charge in [-0.3, -0.25) is 9.69 Å². The van der Waals surface area contributed by atoms with Gasteiger partial charge in [0.2, 0.25) is 0 Å². The highest BCUT2D eigenvalue weighted by atomic mass is 32.2. The first-order valence-electron chi connectivity index (χ1n) is 4.58. The van der Waals surface area contributed by atoms with Gasteiger partial charge < -0.3 is 4.90 Å². The first kappa shape index (κ1) is 9.68. The summed E-state index contributed by atoms with van der Waals surface area (Å²) in [4.78, 5) is 15.6. The third kappa shape index (κ3) is 2.54. The maximum atomic E-state index is 11.3. The highest BCUT2D eigenvalue weighted by Crippen LogP contribution is 2.18. The molecule has 5 heteroatoms. The molecule has 0 N–H and O–H groups in total.